The Bertz CT molecular complexity index is 444. The predicted octanol–water partition coefficient (Wildman–Crippen LogP) is 1.22. The van der Waals surface area contributed by atoms with Crippen molar-refractivity contribution >= 4 is 38.9 Å². The van der Waals surface area contributed by atoms with Crippen molar-refractivity contribution in [2.75, 3.05) is 5.73 Å². The van der Waals surface area contributed by atoms with E-state index in [9.17, 15) is 8.42 Å². The third-order valence-electron chi connectivity index (χ3n) is 1.38. The maximum absolute atomic E-state index is 10.9. The molecular weight excluding hydrogens is 235 g/mol. The molecule has 0 heterocycles. The van der Waals surface area contributed by atoms with Crippen LogP contribution in [0.25, 0.3) is 0 Å². The van der Waals surface area contributed by atoms with Gasteiger partial charge in [-0.1, -0.05) is 23.2 Å². The fraction of sp³-hybridized carbons (Fsp3) is 0. The molecule has 0 fully saturated rings. The molecule has 1 aromatic carbocycles. The Kier molecular flexibility index (Phi) is 2.72. The molecule has 0 amide bonds. The van der Waals surface area contributed by atoms with E-state index in [1.807, 2.05) is 0 Å². The van der Waals surface area contributed by atoms with Crippen molar-refractivity contribution in [1.82, 2.24) is 0 Å². The molecule has 0 bridgehead atoms. The minimum absolute atomic E-state index is 0.00630. The van der Waals surface area contributed by atoms with Crippen molar-refractivity contribution in [3.63, 3.8) is 0 Å². The van der Waals surface area contributed by atoms with E-state index in [4.69, 9.17) is 34.1 Å². The Morgan fingerprint density at radius 2 is 1.69 bits per heavy atom. The third-order valence-corrected chi connectivity index (χ3v) is 3.35. The number of hydrogen-bond donors (Lipinski definition) is 2. The maximum atomic E-state index is 10.9. The molecule has 0 saturated heterocycles. The van der Waals surface area contributed by atoms with E-state index in [0.29, 0.717) is 0 Å². The molecule has 4 nitrogen and oxygen atoms in total. The number of anilines is 1. The van der Waals surface area contributed by atoms with Gasteiger partial charge < -0.3 is 5.73 Å². The lowest BCUT2D eigenvalue weighted by molar-refractivity contribution is 0.598. The minimum atomic E-state index is -3.84. The van der Waals surface area contributed by atoms with Crippen molar-refractivity contribution < 1.29 is 8.42 Å². The predicted molar refractivity (Wildman–Crippen MR) is 52.2 cm³/mol. The molecule has 0 saturated carbocycles. The van der Waals surface area contributed by atoms with Gasteiger partial charge in [0, 0.05) is 0 Å². The van der Waals surface area contributed by atoms with Crippen LogP contribution >= 0.6 is 23.2 Å². The van der Waals surface area contributed by atoms with Gasteiger partial charge in [-0.15, -0.1) is 0 Å². The standard InChI is InChI=1S/C6H6Cl2N2O2S/c7-5-3(9)1-2-4(6(5)8)13(10,11)12/h1-2H,9H2,(H2,10,11,12). The number of primary sulfonamides is 1. The average molecular weight is 241 g/mol. The lowest BCUT2D eigenvalue weighted by Crippen LogP contribution is -2.13. The summed E-state index contributed by atoms with van der Waals surface area (Å²) in [4.78, 5) is -0.228. The second-order valence-electron chi connectivity index (χ2n) is 2.33. The minimum Gasteiger partial charge on any atom is -0.397 e. The van der Waals surface area contributed by atoms with E-state index in [2.05, 4.69) is 0 Å². The van der Waals surface area contributed by atoms with Gasteiger partial charge in [0.05, 0.1) is 15.7 Å². The van der Waals surface area contributed by atoms with Gasteiger partial charge in [0.1, 0.15) is 4.90 Å². The summed E-state index contributed by atoms with van der Waals surface area (Å²) in [5, 5.41) is 4.71. The Morgan fingerprint density at radius 3 is 2.15 bits per heavy atom. The number of hydrogen-bond acceptors (Lipinski definition) is 3. The van der Waals surface area contributed by atoms with Crippen molar-refractivity contribution in [3.8, 4) is 0 Å². The lowest BCUT2D eigenvalue weighted by Gasteiger charge is -2.04. The first-order chi connectivity index (χ1) is 5.84. The van der Waals surface area contributed by atoms with Gasteiger partial charge in [0.15, 0.2) is 0 Å². The second-order valence-corrected chi connectivity index (χ2v) is 4.61. The molecule has 4 N–H and O–H groups in total. The normalized spacial score (nSPS) is 11.6. The van der Waals surface area contributed by atoms with Crippen LogP contribution in [0.2, 0.25) is 10.0 Å². The van der Waals surface area contributed by atoms with E-state index in [-0.39, 0.29) is 20.6 Å². The molecule has 13 heavy (non-hydrogen) atoms. The van der Waals surface area contributed by atoms with Crippen LogP contribution in [-0.4, -0.2) is 8.42 Å². The summed E-state index contributed by atoms with van der Waals surface area (Å²) in [6.07, 6.45) is 0. The highest BCUT2D eigenvalue weighted by Gasteiger charge is 2.16. The van der Waals surface area contributed by atoms with Gasteiger partial charge in [-0.25, -0.2) is 13.6 Å². The second kappa shape index (κ2) is 3.34. The molecule has 0 unspecified atom stereocenters. The number of nitrogens with two attached hydrogens (primary N) is 2. The first-order valence-corrected chi connectivity index (χ1v) is 5.40. The molecule has 72 valence electrons. The molecular formula is C6H6Cl2N2O2S. The van der Waals surface area contributed by atoms with E-state index < -0.39 is 10.0 Å². The first-order valence-electron chi connectivity index (χ1n) is 3.10. The van der Waals surface area contributed by atoms with Gasteiger partial charge in [-0.2, -0.15) is 0 Å². The molecule has 0 aliphatic rings. The fourth-order valence-corrected chi connectivity index (χ4v) is 2.09. The van der Waals surface area contributed by atoms with Crippen LogP contribution in [0.15, 0.2) is 17.0 Å². The topological polar surface area (TPSA) is 86.2 Å². The van der Waals surface area contributed by atoms with Gasteiger partial charge in [-0.3, -0.25) is 0 Å². The van der Waals surface area contributed by atoms with Gasteiger partial charge in [-0.05, 0) is 12.1 Å². The highest BCUT2D eigenvalue weighted by atomic mass is 35.5. The highest BCUT2D eigenvalue weighted by molar-refractivity contribution is 7.89. The van der Waals surface area contributed by atoms with Gasteiger partial charge >= 0.3 is 0 Å². The largest absolute Gasteiger partial charge is 0.397 e. The molecule has 0 radical (unpaired) electrons. The van der Waals surface area contributed by atoms with E-state index in [0.717, 1.165) is 0 Å². The SMILES string of the molecule is Nc1ccc(S(N)(=O)=O)c(Cl)c1Cl. The number of rotatable bonds is 1. The number of halogens is 2. The first kappa shape index (κ1) is 10.6. The molecule has 1 aromatic rings. The van der Waals surface area contributed by atoms with E-state index in [1.54, 1.807) is 0 Å². The van der Waals surface area contributed by atoms with Gasteiger partial charge in [0.2, 0.25) is 10.0 Å². The van der Waals surface area contributed by atoms with Crippen LogP contribution in [0, 0.1) is 0 Å². The van der Waals surface area contributed by atoms with Gasteiger partial charge in [0.25, 0.3) is 0 Å². The molecule has 0 aliphatic heterocycles. The highest BCUT2D eigenvalue weighted by Crippen LogP contribution is 2.32. The van der Waals surface area contributed by atoms with Crippen LogP contribution in [-0.2, 0) is 10.0 Å². The van der Waals surface area contributed by atoms with Crippen molar-refractivity contribution in [1.29, 1.82) is 0 Å². The molecule has 0 spiro atoms. The summed E-state index contributed by atoms with van der Waals surface area (Å²) in [5.74, 6) is 0. The van der Waals surface area contributed by atoms with Crippen molar-refractivity contribution in [3.05, 3.63) is 22.2 Å². The Hall–Kier alpha value is -0.490. The molecule has 7 heteroatoms. The fourth-order valence-electron chi connectivity index (χ4n) is 0.766. The molecule has 0 aliphatic carbocycles. The van der Waals surface area contributed by atoms with Crippen LogP contribution in [0.5, 0.6) is 0 Å². The number of benzene rings is 1. The zero-order valence-electron chi connectivity index (χ0n) is 6.29. The Morgan fingerprint density at radius 1 is 1.15 bits per heavy atom. The quantitative estimate of drug-likeness (QED) is 0.725. The summed E-state index contributed by atoms with van der Waals surface area (Å²) >= 11 is 11.2. The Balaban J connectivity index is 3.53. The van der Waals surface area contributed by atoms with Crippen LogP contribution in [0.3, 0.4) is 0 Å². The lowest BCUT2D eigenvalue weighted by atomic mass is 10.3. The summed E-state index contributed by atoms with van der Waals surface area (Å²) < 4.78 is 21.8. The van der Waals surface area contributed by atoms with Crippen LogP contribution < -0.4 is 10.9 Å². The maximum Gasteiger partial charge on any atom is 0.239 e. The van der Waals surface area contributed by atoms with Crippen LogP contribution in [0.4, 0.5) is 5.69 Å². The molecule has 0 aromatic heterocycles. The van der Waals surface area contributed by atoms with Crippen molar-refractivity contribution in [2.24, 2.45) is 5.14 Å². The molecule has 1 rings (SSSR count). The summed E-state index contributed by atoms with van der Waals surface area (Å²) in [6, 6.07) is 2.53. The third kappa shape index (κ3) is 2.05. The average Bonchev–Trinajstić information content (AvgIpc) is 1.98. The zero-order chi connectivity index (χ0) is 10.2. The van der Waals surface area contributed by atoms with E-state index >= 15 is 0 Å². The molecule has 0 atom stereocenters. The number of sulfonamides is 1. The van der Waals surface area contributed by atoms with E-state index in [1.165, 1.54) is 12.1 Å². The summed E-state index contributed by atoms with van der Waals surface area (Å²) in [7, 11) is -3.84. The zero-order valence-corrected chi connectivity index (χ0v) is 8.62. The Labute approximate surface area is 85.5 Å². The monoisotopic (exact) mass is 240 g/mol. The number of nitrogen functional groups attached to an aromatic ring is 1. The summed E-state index contributed by atoms with van der Waals surface area (Å²) in [5.41, 5.74) is 5.59. The van der Waals surface area contributed by atoms with Crippen molar-refractivity contribution in [2.45, 2.75) is 4.90 Å². The summed E-state index contributed by atoms with van der Waals surface area (Å²) in [6.45, 7) is 0. The smallest absolute Gasteiger partial charge is 0.239 e. The van der Waals surface area contributed by atoms with Crippen LogP contribution in [0.1, 0.15) is 0 Å².